The van der Waals surface area contributed by atoms with E-state index in [0.29, 0.717) is 11.9 Å². The normalized spacial score (nSPS) is 10.8. The molecule has 0 fully saturated rings. The molecule has 0 spiro atoms. The number of rotatable bonds is 7. The van der Waals surface area contributed by atoms with Gasteiger partial charge in [-0.2, -0.15) is 0 Å². The van der Waals surface area contributed by atoms with Crippen molar-refractivity contribution in [2.75, 3.05) is 25.0 Å². The first-order valence-corrected chi connectivity index (χ1v) is 6.81. The average Bonchev–Trinajstić information content (AvgIpc) is 2.48. The molecular formula is C14H17FN4O2. The molecule has 1 aromatic heterocycles. The number of nitro groups is 1. The molecule has 0 atom stereocenters. The standard InChI is InChI=1S/C14H17FN4O2/c1-2-16-6-4-8-18-14-11(15)9-12(19(20)21)10-5-3-7-17-13(10)14/h3,5,7,9,16,18H,2,4,6,8H2,1H3. The molecule has 21 heavy (non-hydrogen) atoms. The molecule has 0 saturated carbocycles. The Morgan fingerprint density at radius 2 is 2.24 bits per heavy atom. The van der Waals surface area contributed by atoms with Crippen LogP contribution in [0.25, 0.3) is 10.9 Å². The van der Waals surface area contributed by atoms with E-state index in [1.165, 1.54) is 6.20 Å². The van der Waals surface area contributed by atoms with Gasteiger partial charge in [0, 0.05) is 12.7 Å². The summed E-state index contributed by atoms with van der Waals surface area (Å²) in [6, 6.07) is 4.11. The first-order valence-electron chi connectivity index (χ1n) is 6.81. The van der Waals surface area contributed by atoms with Gasteiger partial charge in [0.1, 0.15) is 5.52 Å². The molecule has 0 amide bonds. The summed E-state index contributed by atoms with van der Waals surface area (Å²) in [5, 5.41) is 17.5. The van der Waals surface area contributed by atoms with Gasteiger partial charge in [-0.1, -0.05) is 6.92 Å². The number of pyridine rings is 1. The molecule has 0 aliphatic rings. The number of nitrogens with one attached hydrogen (secondary N) is 2. The van der Waals surface area contributed by atoms with Crippen LogP contribution in [0.3, 0.4) is 0 Å². The summed E-state index contributed by atoms with van der Waals surface area (Å²) in [5.74, 6) is -0.656. The maximum atomic E-state index is 14.1. The maximum Gasteiger partial charge on any atom is 0.281 e. The second kappa shape index (κ2) is 6.94. The van der Waals surface area contributed by atoms with Gasteiger partial charge in [0.25, 0.3) is 5.69 Å². The molecule has 7 heteroatoms. The van der Waals surface area contributed by atoms with Crippen molar-refractivity contribution < 1.29 is 9.31 Å². The number of nitrogens with zero attached hydrogens (tertiary/aromatic N) is 2. The van der Waals surface area contributed by atoms with Crippen LogP contribution in [-0.4, -0.2) is 29.5 Å². The SMILES string of the molecule is CCNCCCNc1c(F)cc([N+](=O)[O-])c2cccnc12. The third kappa shape index (κ3) is 3.43. The molecule has 6 nitrogen and oxygen atoms in total. The molecule has 2 rings (SSSR count). The van der Waals surface area contributed by atoms with E-state index >= 15 is 0 Å². The topological polar surface area (TPSA) is 80.1 Å². The Morgan fingerprint density at radius 3 is 2.95 bits per heavy atom. The quantitative estimate of drug-likeness (QED) is 0.466. The predicted octanol–water partition coefficient (Wildman–Crippen LogP) is 2.69. The molecule has 0 radical (unpaired) electrons. The Labute approximate surface area is 121 Å². The highest BCUT2D eigenvalue weighted by Crippen LogP contribution is 2.32. The summed E-state index contributed by atoms with van der Waals surface area (Å²) < 4.78 is 14.1. The van der Waals surface area contributed by atoms with Gasteiger partial charge in [0.2, 0.25) is 0 Å². The smallest absolute Gasteiger partial charge is 0.281 e. The third-order valence-electron chi connectivity index (χ3n) is 3.10. The number of aromatic nitrogens is 1. The highest BCUT2D eigenvalue weighted by Gasteiger charge is 2.19. The third-order valence-corrected chi connectivity index (χ3v) is 3.10. The Kier molecular flexibility index (Phi) is 4.99. The van der Waals surface area contributed by atoms with E-state index in [1.807, 2.05) is 6.92 Å². The zero-order valence-electron chi connectivity index (χ0n) is 11.7. The van der Waals surface area contributed by atoms with Crippen LogP contribution in [0.15, 0.2) is 24.4 Å². The fourth-order valence-corrected chi connectivity index (χ4v) is 2.12. The summed E-state index contributed by atoms with van der Waals surface area (Å²) in [6.45, 7) is 4.29. The van der Waals surface area contributed by atoms with Gasteiger partial charge in [0.15, 0.2) is 5.82 Å². The highest BCUT2D eigenvalue weighted by molar-refractivity contribution is 5.97. The van der Waals surface area contributed by atoms with Crippen LogP contribution in [-0.2, 0) is 0 Å². The van der Waals surface area contributed by atoms with Crippen molar-refractivity contribution >= 4 is 22.3 Å². The minimum atomic E-state index is -0.656. The average molecular weight is 292 g/mol. The van der Waals surface area contributed by atoms with E-state index in [-0.39, 0.29) is 16.9 Å². The van der Waals surface area contributed by atoms with Crippen LogP contribution < -0.4 is 10.6 Å². The zero-order chi connectivity index (χ0) is 15.2. The number of hydrogen-bond acceptors (Lipinski definition) is 5. The van der Waals surface area contributed by atoms with Gasteiger partial charge in [-0.25, -0.2) is 4.39 Å². The number of nitro benzene ring substituents is 1. The van der Waals surface area contributed by atoms with Gasteiger partial charge in [-0.3, -0.25) is 15.1 Å². The number of fused-ring (bicyclic) bond motifs is 1. The van der Waals surface area contributed by atoms with Crippen LogP contribution in [0, 0.1) is 15.9 Å². The summed E-state index contributed by atoms with van der Waals surface area (Å²) in [4.78, 5) is 14.5. The van der Waals surface area contributed by atoms with Crippen LogP contribution in [0.2, 0.25) is 0 Å². The molecule has 112 valence electrons. The van der Waals surface area contributed by atoms with Crippen LogP contribution in [0.1, 0.15) is 13.3 Å². The lowest BCUT2D eigenvalue weighted by molar-refractivity contribution is -0.383. The predicted molar refractivity (Wildman–Crippen MR) is 80.0 cm³/mol. The van der Waals surface area contributed by atoms with Crippen molar-refractivity contribution in [1.82, 2.24) is 10.3 Å². The molecule has 0 aliphatic carbocycles. The number of non-ortho nitro benzene ring substituents is 1. The number of anilines is 1. The first-order chi connectivity index (χ1) is 10.1. The first kappa shape index (κ1) is 15.1. The van der Waals surface area contributed by atoms with Gasteiger partial charge in [-0.15, -0.1) is 0 Å². The van der Waals surface area contributed by atoms with Crippen LogP contribution in [0.5, 0.6) is 0 Å². The number of halogens is 1. The number of hydrogen-bond donors (Lipinski definition) is 2. The van der Waals surface area contributed by atoms with Crippen molar-refractivity contribution in [3.05, 3.63) is 40.3 Å². The van der Waals surface area contributed by atoms with E-state index in [2.05, 4.69) is 15.6 Å². The van der Waals surface area contributed by atoms with E-state index in [0.717, 1.165) is 25.6 Å². The monoisotopic (exact) mass is 292 g/mol. The molecule has 0 aliphatic heterocycles. The fraction of sp³-hybridized carbons (Fsp3) is 0.357. The van der Waals surface area contributed by atoms with Gasteiger partial charge < -0.3 is 10.6 Å². The van der Waals surface area contributed by atoms with Crippen molar-refractivity contribution in [2.45, 2.75) is 13.3 Å². The highest BCUT2D eigenvalue weighted by atomic mass is 19.1. The molecule has 1 heterocycles. The minimum Gasteiger partial charge on any atom is -0.381 e. The van der Waals surface area contributed by atoms with Crippen LogP contribution >= 0.6 is 0 Å². The van der Waals surface area contributed by atoms with E-state index in [4.69, 9.17) is 0 Å². The summed E-state index contributed by atoms with van der Waals surface area (Å²) in [7, 11) is 0. The zero-order valence-corrected chi connectivity index (χ0v) is 11.7. The molecule has 0 saturated heterocycles. The second-order valence-corrected chi connectivity index (χ2v) is 4.54. The Hall–Kier alpha value is -2.28. The van der Waals surface area contributed by atoms with Crippen molar-refractivity contribution in [3.63, 3.8) is 0 Å². The Bertz CT molecular complexity index is 648. The maximum absolute atomic E-state index is 14.1. The molecular weight excluding hydrogens is 275 g/mol. The van der Waals surface area contributed by atoms with Gasteiger partial charge in [-0.05, 0) is 31.6 Å². The molecule has 0 unspecified atom stereocenters. The van der Waals surface area contributed by atoms with Crippen molar-refractivity contribution in [1.29, 1.82) is 0 Å². The van der Waals surface area contributed by atoms with Gasteiger partial charge >= 0.3 is 0 Å². The lowest BCUT2D eigenvalue weighted by Gasteiger charge is -2.10. The van der Waals surface area contributed by atoms with E-state index in [1.54, 1.807) is 12.1 Å². The molecule has 2 aromatic rings. The lowest BCUT2D eigenvalue weighted by atomic mass is 10.1. The fourth-order valence-electron chi connectivity index (χ4n) is 2.12. The van der Waals surface area contributed by atoms with E-state index in [9.17, 15) is 14.5 Å². The van der Waals surface area contributed by atoms with Crippen LogP contribution in [0.4, 0.5) is 15.8 Å². The van der Waals surface area contributed by atoms with Crippen molar-refractivity contribution in [2.24, 2.45) is 0 Å². The number of benzene rings is 1. The van der Waals surface area contributed by atoms with Crippen molar-refractivity contribution in [3.8, 4) is 0 Å². The molecule has 0 bridgehead atoms. The Balaban J connectivity index is 2.29. The molecule has 1 aromatic carbocycles. The molecule has 2 N–H and O–H groups in total. The Morgan fingerprint density at radius 1 is 1.43 bits per heavy atom. The minimum absolute atomic E-state index is 0.215. The van der Waals surface area contributed by atoms with Gasteiger partial charge in [0.05, 0.1) is 22.1 Å². The van der Waals surface area contributed by atoms with E-state index < -0.39 is 10.7 Å². The summed E-state index contributed by atoms with van der Waals surface area (Å²) >= 11 is 0. The largest absolute Gasteiger partial charge is 0.381 e. The lowest BCUT2D eigenvalue weighted by Crippen LogP contribution is -2.17. The second-order valence-electron chi connectivity index (χ2n) is 4.54. The summed E-state index contributed by atoms with van der Waals surface area (Å²) in [6.07, 6.45) is 2.31. The summed E-state index contributed by atoms with van der Waals surface area (Å²) in [5.41, 5.74) is 0.231.